The second kappa shape index (κ2) is 8.36. The number of carbonyl (C=O) groups excluding carboxylic acids is 1. The Hall–Kier alpha value is -1.78. The lowest BCUT2D eigenvalue weighted by Crippen LogP contribution is -2.37. The summed E-state index contributed by atoms with van der Waals surface area (Å²) in [7, 11) is 2.09. The van der Waals surface area contributed by atoms with Gasteiger partial charge in [0.05, 0.1) is 6.04 Å². The molecule has 126 valence electrons. The average molecular weight is 340 g/mol. The molecule has 4 heteroatoms. The third-order valence-corrected chi connectivity index (χ3v) is 5.55. The van der Waals surface area contributed by atoms with Crippen LogP contribution in [0.1, 0.15) is 18.0 Å². The van der Waals surface area contributed by atoms with Gasteiger partial charge in [0, 0.05) is 36.7 Å². The molecule has 0 unspecified atom stereocenters. The molecular formula is C20H24N2OS. The van der Waals surface area contributed by atoms with Crippen molar-refractivity contribution < 1.29 is 4.79 Å². The predicted molar refractivity (Wildman–Crippen MR) is 100 cm³/mol. The fraction of sp³-hybridized carbons (Fsp3) is 0.350. The van der Waals surface area contributed by atoms with E-state index in [0.29, 0.717) is 6.42 Å². The fourth-order valence-electron chi connectivity index (χ4n) is 3.01. The van der Waals surface area contributed by atoms with Crippen molar-refractivity contribution >= 4 is 17.7 Å². The number of nitrogens with zero attached hydrogens (tertiary/aromatic N) is 2. The molecule has 3 nitrogen and oxygen atoms in total. The molecule has 0 bridgehead atoms. The minimum absolute atomic E-state index is 0.121. The van der Waals surface area contributed by atoms with Crippen LogP contribution in [0.5, 0.6) is 0 Å². The minimum atomic E-state index is 0.121. The highest BCUT2D eigenvalue weighted by Crippen LogP contribution is 2.30. The number of amides is 1. The van der Waals surface area contributed by atoms with Crippen molar-refractivity contribution in [1.29, 1.82) is 0 Å². The van der Waals surface area contributed by atoms with Crippen molar-refractivity contribution in [3.8, 4) is 0 Å². The van der Waals surface area contributed by atoms with E-state index in [1.165, 1.54) is 10.5 Å². The first kappa shape index (κ1) is 17.1. The molecule has 0 N–H and O–H groups in total. The lowest BCUT2D eigenvalue weighted by molar-refractivity contribution is -0.132. The highest BCUT2D eigenvalue weighted by Gasteiger charge is 2.27. The summed E-state index contributed by atoms with van der Waals surface area (Å²) in [5.41, 5.74) is 1.22. The number of rotatable bonds is 5. The van der Waals surface area contributed by atoms with Gasteiger partial charge in [0.2, 0.25) is 5.91 Å². The number of benzene rings is 2. The van der Waals surface area contributed by atoms with E-state index in [1.807, 2.05) is 23.9 Å². The number of likely N-dealkylation sites (N-methyl/N-ethyl adjacent to an activating group) is 1. The largest absolute Gasteiger partial charge is 0.333 e. The highest BCUT2D eigenvalue weighted by molar-refractivity contribution is 7.99. The zero-order chi connectivity index (χ0) is 16.8. The molecular weight excluding hydrogens is 316 g/mol. The summed E-state index contributed by atoms with van der Waals surface area (Å²) in [5.74, 6) is 1.14. The lowest BCUT2D eigenvalue weighted by atomic mass is 10.1. The van der Waals surface area contributed by atoms with Crippen LogP contribution in [0.4, 0.5) is 0 Å². The van der Waals surface area contributed by atoms with Crippen molar-refractivity contribution in [3.05, 3.63) is 66.2 Å². The first-order valence-electron chi connectivity index (χ1n) is 8.45. The summed E-state index contributed by atoms with van der Waals surface area (Å²) in [4.78, 5) is 18.2. The third-order valence-electron chi connectivity index (χ3n) is 4.46. The number of carbonyl (C=O) groups is 1. The maximum absolute atomic E-state index is 12.7. The molecule has 0 radical (unpaired) electrons. The van der Waals surface area contributed by atoms with Crippen LogP contribution in [0, 0.1) is 0 Å². The summed E-state index contributed by atoms with van der Waals surface area (Å²) < 4.78 is 0. The fourth-order valence-corrected chi connectivity index (χ4v) is 4.08. The molecule has 1 aliphatic heterocycles. The molecule has 0 saturated carbocycles. The molecule has 0 aliphatic carbocycles. The van der Waals surface area contributed by atoms with Crippen LogP contribution in [0.3, 0.4) is 0 Å². The Morgan fingerprint density at radius 3 is 2.33 bits per heavy atom. The summed E-state index contributed by atoms with van der Waals surface area (Å²) in [6.07, 6.45) is 0.607. The van der Waals surface area contributed by atoms with Gasteiger partial charge >= 0.3 is 0 Å². The Balaban J connectivity index is 1.80. The number of hydrogen-bond donors (Lipinski definition) is 0. The van der Waals surface area contributed by atoms with Gasteiger partial charge < -0.3 is 9.80 Å². The predicted octanol–water partition coefficient (Wildman–Crippen LogP) is 3.68. The topological polar surface area (TPSA) is 23.6 Å². The molecule has 2 aromatic carbocycles. The van der Waals surface area contributed by atoms with Crippen LogP contribution in [0.25, 0.3) is 0 Å². The SMILES string of the molecule is CN1CCC(=O)N([C@H](CSc2ccccc2)c2ccccc2)CC1. The second-order valence-electron chi connectivity index (χ2n) is 6.19. The van der Waals surface area contributed by atoms with E-state index in [2.05, 4.69) is 65.4 Å². The highest BCUT2D eigenvalue weighted by atomic mass is 32.2. The smallest absolute Gasteiger partial charge is 0.224 e. The Bertz CT molecular complexity index is 647. The summed E-state index contributed by atoms with van der Waals surface area (Å²) in [6, 6.07) is 21.0. The molecule has 2 aromatic rings. The van der Waals surface area contributed by atoms with Crippen molar-refractivity contribution in [3.63, 3.8) is 0 Å². The molecule has 1 heterocycles. The molecule has 1 aliphatic rings. The van der Waals surface area contributed by atoms with Crippen LogP contribution in [0.2, 0.25) is 0 Å². The third kappa shape index (κ3) is 4.40. The zero-order valence-corrected chi connectivity index (χ0v) is 14.9. The van der Waals surface area contributed by atoms with Gasteiger partial charge in [-0.25, -0.2) is 0 Å². The van der Waals surface area contributed by atoms with Gasteiger partial charge in [0.15, 0.2) is 0 Å². The van der Waals surface area contributed by atoms with Crippen LogP contribution in [0.15, 0.2) is 65.6 Å². The van der Waals surface area contributed by atoms with Crippen LogP contribution in [-0.2, 0) is 4.79 Å². The summed E-state index contributed by atoms with van der Waals surface area (Å²) in [5, 5.41) is 0. The van der Waals surface area contributed by atoms with E-state index in [4.69, 9.17) is 0 Å². The van der Waals surface area contributed by atoms with Crippen molar-refractivity contribution in [2.75, 3.05) is 32.4 Å². The van der Waals surface area contributed by atoms with E-state index < -0.39 is 0 Å². The Kier molecular flexibility index (Phi) is 5.94. The first-order chi connectivity index (χ1) is 11.7. The molecule has 0 aromatic heterocycles. The quantitative estimate of drug-likeness (QED) is 0.776. The van der Waals surface area contributed by atoms with Crippen molar-refractivity contribution in [2.24, 2.45) is 0 Å². The van der Waals surface area contributed by atoms with Gasteiger partial charge in [-0.2, -0.15) is 0 Å². The van der Waals surface area contributed by atoms with E-state index in [9.17, 15) is 4.79 Å². The Labute approximate surface area is 148 Å². The standard InChI is InChI=1S/C20H24N2OS/c1-21-13-12-20(23)22(15-14-21)19(17-8-4-2-5-9-17)16-24-18-10-6-3-7-11-18/h2-11,19H,12-16H2,1H3/t19-/m1/s1. The molecule has 1 saturated heterocycles. The average Bonchev–Trinajstić information content (AvgIpc) is 2.79. The molecule has 0 spiro atoms. The van der Waals surface area contributed by atoms with E-state index in [0.717, 1.165) is 25.4 Å². The zero-order valence-electron chi connectivity index (χ0n) is 14.1. The minimum Gasteiger partial charge on any atom is -0.333 e. The lowest BCUT2D eigenvalue weighted by Gasteiger charge is -2.31. The molecule has 3 rings (SSSR count). The monoisotopic (exact) mass is 340 g/mol. The number of thioether (sulfide) groups is 1. The van der Waals surface area contributed by atoms with Crippen LogP contribution < -0.4 is 0 Å². The number of hydrogen-bond acceptors (Lipinski definition) is 3. The molecule has 1 amide bonds. The molecule has 1 atom stereocenters. The van der Waals surface area contributed by atoms with Crippen molar-refractivity contribution in [1.82, 2.24) is 9.80 Å². The van der Waals surface area contributed by atoms with Gasteiger partial charge in [-0.1, -0.05) is 48.5 Å². The molecule has 24 heavy (non-hydrogen) atoms. The van der Waals surface area contributed by atoms with Gasteiger partial charge in [-0.05, 0) is 24.7 Å². The first-order valence-corrected chi connectivity index (χ1v) is 9.43. The van der Waals surface area contributed by atoms with Crippen LogP contribution in [-0.4, -0.2) is 48.1 Å². The maximum Gasteiger partial charge on any atom is 0.224 e. The normalized spacial score (nSPS) is 17.5. The second-order valence-corrected chi connectivity index (χ2v) is 7.28. The summed E-state index contributed by atoms with van der Waals surface area (Å²) >= 11 is 1.82. The van der Waals surface area contributed by atoms with Gasteiger partial charge in [-0.3, -0.25) is 4.79 Å². The Morgan fingerprint density at radius 2 is 1.62 bits per heavy atom. The van der Waals surface area contributed by atoms with Gasteiger partial charge in [0.1, 0.15) is 0 Å². The van der Waals surface area contributed by atoms with Crippen molar-refractivity contribution in [2.45, 2.75) is 17.4 Å². The van der Waals surface area contributed by atoms with Gasteiger partial charge in [-0.15, -0.1) is 11.8 Å². The molecule has 1 fully saturated rings. The van der Waals surface area contributed by atoms with Gasteiger partial charge in [0.25, 0.3) is 0 Å². The van der Waals surface area contributed by atoms with E-state index >= 15 is 0 Å². The maximum atomic E-state index is 12.7. The Morgan fingerprint density at radius 1 is 0.958 bits per heavy atom. The van der Waals surface area contributed by atoms with E-state index in [-0.39, 0.29) is 11.9 Å². The van der Waals surface area contributed by atoms with E-state index in [1.54, 1.807) is 0 Å². The van der Waals surface area contributed by atoms with Crippen LogP contribution >= 0.6 is 11.8 Å². The summed E-state index contributed by atoms with van der Waals surface area (Å²) in [6.45, 7) is 2.58.